The molecule has 0 aromatic rings. The van der Waals surface area contributed by atoms with E-state index in [-0.39, 0.29) is 24.3 Å². The summed E-state index contributed by atoms with van der Waals surface area (Å²) < 4.78 is 10.6. The van der Waals surface area contributed by atoms with E-state index in [2.05, 4.69) is 11.7 Å². The summed E-state index contributed by atoms with van der Waals surface area (Å²) in [5.41, 5.74) is 0. The minimum absolute atomic E-state index is 0.0252. The minimum atomic E-state index is -0.304. The molecule has 4 heteroatoms. The first-order chi connectivity index (χ1) is 10.2. The Kier molecular flexibility index (Phi) is 9.68. The van der Waals surface area contributed by atoms with Gasteiger partial charge in [0.05, 0.1) is 25.4 Å². The summed E-state index contributed by atoms with van der Waals surface area (Å²) in [7, 11) is 1.43. The molecule has 0 aliphatic carbocycles. The number of esters is 1. The summed E-state index contributed by atoms with van der Waals surface area (Å²) in [6.45, 7) is 2.20. The molecule has 0 aromatic carbocycles. The van der Waals surface area contributed by atoms with Gasteiger partial charge < -0.3 is 14.6 Å². The molecule has 1 heterocycles. The summed E-state index contributed by atoms with van der Waals surface area (Å²) in [4.78, 5) is 11.0. The largest absolute Gasteiger partial charge is 0.469 e. The summed E-state index contributed by atoms with van der Waals surface area (Å²) >= 11 is 0. The van der Waals surface area contributed by atoms with Crippen molar-refractivity contribution >= 4 is 5.97 Å². The molecule has 0 bridgehead atoms. The molecule has 3 atom stereocenters. The summed E-state index contributed by atoms with van der Waals surface area (Å²) in [6, 6.07) is 0. The van der Waals surface area contributed by atoms with E-state index in [1.165, 1.54) is 26.4 Å². The van der Waals surface area contributed by atoms with E-state index < -0.39 is 0 Å². The lowest BCUT2D eigenvalue weighted by atomic mass is 10.0. The van der Waals surface area contributed by atoms with Gasteiger partial charge in [-0.2, -0.15) is 0 Å². The molecule has 0 aromatic heterocycles. The van der Waals surface area contributed by atoms with Gasteiger partial charge in [0.15, 0.2) is 0 Å². The van der Waals surface area contributed by atoms with Crippen molar-refractivity contribution in [3.8, 4) is 0 Å². The van der Waals surface area contributed by atoms with Crippen molar-refractivity contribution in [3.63, 3.8) is 0 Å². The zero-order valence-electron chi connectivity index (χ0n) is 13.7. The third-order valence-electron chi connectivity index (χ3n) is 4.31. The van der Waals surface area contributed by atoms with Gasteiger partial charge >= 0.3 is 5.97 Å². The maximum Gasteiger partial charge on any atom is 0.305 e. The Morgan fingerprint density at radius 3 is 2.76 bits per heavy atom. The molecule has 1 fully saturated rings. The Hall–Kier alpha value is -0.610. The number of hydrogen-bond donors (Lipinski definition) is 1. The average Bonchev–Trinajstić information content (AvgIpc) is 2.96. The molecule has 1 saturated heterocycles. The second-order valence-corrected chi connectivity index (χ2v) is 6.11. The lowest BCUT2D eigenvalue weighted by Crippen LogP contribution is -2.26. The van der Waals surface area contributed by atoms with Crippen molar-refractivity contribution < 1.29 is 19.4 Å². The Balaban J connectivity index is 2.07. The summed E-state index contributed by atoms with van der Waals surface area (Å²) in [6.07, 6.45) is 10.9. The highest BCUT2D eigenvalue weighted by Crippen LogP contribution is 2.27. The second kappa shape index (κ2) is 11.0. The molecule has 124 valence electrons. The van der Waals surface area contributed by atoms with Gasteiger partial charge in [-0.15, -0.1) is 0 Å². The first-order valence-corrected chi connectivity index (χ1v) is 8.57. The first kappa shape index (κ1) is 18.4. The monoisotopic (exact) mass is 300 g/mol. The molecule has 3 unspecified atom stereocenters. The highest BCUT2D eigenvalue weighted by Gasteiger charge is 2.29. The van der Waals surface area contributed by atoms with Crippen LogP contribution in [0.5, 0.6) is 0 Å². The van der Waals surface area contributed by atoms with Crippen LogP contribution in [0.2, 0.25) is 0 Å². The van der Waals surface area contributed by atoms with Crippen LogP contribution < -0.4 is 0 Å². The summed E-state index contributed by atoms with van der Waals surface area (Å²) in [5, 5.41) is 10.2. The fourth-order valence-electron chi connectivity index (χ4n) is 2.94. The van der Waals surface area contributed by atoms with Crippen molar-refractivity contribution in [2.75, 3.05) is 7.11 Å². The maximum atomic E-state index is 11.0. The predicted octanol–water partition coefficient (Wildman–Crippen LogP) is 3.60. The van der Waals surface area contributed by atoms with Crippen LogP contribution in [-0.2, 0) is 14.3 Å². The van der Waals surface area contributed by atoms with Crippen molar-refractivity contribution in [3.05, 3.63) is 0 Å². The fraction of sp³-hybridized carbons (Fsp3) is 0.941. The molecule has 1 rings (SSSR count). The number of methoxy groups -OCH3 is 1. The van der Waals surface area contributed by atoms with Gasteiger partial charge in [0.2, 0.25) is 0 Å². The van der Waals surface area contributed by atoms with Crippen LogP contribution >= 0.6 is 0 Å². The van der Waals surface area contributed by atoms with Crippen molar-refractivity contribution in [1.29, 1.82) is 0 Å². The number of unbranched alkanes of at least 4 members (excludes halogenated alkanes) is 4. The third kappa shape index (κ3) is 7.82. The Morgan fingerprint density at radius 1 is 1.24 bits per heavy atom. The van der Waals surface area contributed by atoms with Gasteiger partial charge in [0.25, 0.3) is 0 Å². The van der Waals surface area contributed by atoms with E-state index in [9.17, 15) is 9.90 Å². The summed E-state index contributed by atoms with van der Waals surface area (Å²) in [5.74, 6) is -0.136. The number of aliphatic hydroxyl groups is 1. The van der Waals surface area contributed by atoms with E-state index in [0.717, 1.165) is 44.9 Å². The molecule has 4 nitrogen and oxygen atoms in total. The van der Waals surface area contributed by atoms with E-state index in [1.54, 1.807) is 0 Å². The number of ether oxygens (including phenoxy) is 2. The van der Waals surface area contributed by atoms with E-state index in [1.807, 2.05) is 0 Å². The van der Waals surface area contributed by atoms with E-state index in [0.29, 0.717) is 6.42 Å². The van der Waals surface area contributed by atoms with E-state index >= 15 is 0 Å². The predicted molar refractivity (Wildman–Crippen MR) is 83.1 cm³/mol. The Bertz CT molecular complexity index is 280. The lowest BCUT2D eigenvalue weighted by Gasteiger charge is -2.19. The smallest absolute Gasteiger partial charge is 0.305 e. The van der Waals surface area contributed by atoms with Crippen LogP contribution in [-0.4, -0.2) is 36.5 Å². The number of carbonyl (C=O) groups excluding carboxylic acids is 1. The third-order valence-corrected chi connectivity index (χ3v) is 4.31. The minimum Gasteiger partial charge on any atom is -0.469 e. The molecule has 0 spiro atoms. The highest BCUT2D eigenvalue weighted by molar-refractivity contribution is 5.68. The van der Waals surface area contributed by atoms with Gasteiger partial charge in [-0.05, 0) is 32.1 Å². The number of rotatable bonds is 11. The fourth-order valence-corrected chi connectivity index (χ4v) is 2.94. The molecule has 0 radical (unpaired) electrons. The van der Waals surface area contributed by atoms with Gasteiger partial charge in [0, 0.05) is 6.42 Å². The van der Waals surface area contributed by atoms with Crippen LogP contribution in [0, 0.1) is 0 Å². The van der Waals surface area contributed by atoms with Crippen LogP contribution in [0.4, 0.5) is 0 Å². The van der Waals surface area contributed by atoms with Gasteiger partial charge in [-0.1, -0.05) is 39.0 Å². The van der Waals surface area contributed by atoms with Crippen molar-refractivity contribution in [2.24, 2.45) is 0 Å². The van der Waals surface area contributed by atoms with Crippen LogP contribution in [0.1, 0.15) is 77.6 Å². The first-order valence-electron chi connectivity index (χ1n) is 8.57. The van der Waals surface area contributed by atoms with Gasteiger partial charge in [-0.25, -0.2) is 0 Å². The van der Waals surface area contributed by atoms with Gasteiger partial charge in [-0.3, -0.25) is 4.79 Å². The zero-order valence-corrected chi connectivity index (χ0v) is 13.7. The molecular weight excluding hydrogens is 268 g/mol. The molecule has 1 N–H and O–H groups in total. The number of carbonyl (C=O) groups is 1. The standard InChI is InChI=1S/C17H32O4/c1-3-4-5-6-10-15(18)16-13-12-14(21-16)9-7-8-11-17(19)20-2/h14-16,18H,3-13H2,1-2H3. The molecular formula is C17H32O4. The molecule has 0 saturated carbocycles. The molecule has 1 aliphatic rings. The van der Waals surface area contributed by atoms with Crippen LogP contribution in [0.15, 0.2) is 0 Å². The van der Waals surface area contributed by atoms with Crippen molar-refractivity contribution in [2.45, 2.75) is 95.9 Å². The van der Waals surface area contributed by atoms with E-state index in [4.69, 9.17) is 4.74 Å². The normalized spacial score (nSPS) is 23.2. The quantitative estimate of drug-likeness (QED) is 0.468. The molecule has 1 aliphatic heterocycles. The second-order valence-electron chi connectivity index (χ2n) is 6.11. The highest BCUT2D eigenvalue weighted by atomic mass is 16.5. The Labute approximate surface area is 129 Å². The lowest BCUT2D eigenvalue weighted by molar-refractivity contribution is -0.140. The zero-order chi connectivity index (χ0) is 15.5. The molecule has 0 amide bonds. The number of aliphatic hydroxyl groups excluding tert-OH is 1. The average molecular weight is 300 g/mol. The van der Waals surface area contributed by atoms with Crippen LogP contribution in [0.25, 0.3) is 0 Å². The van der Waals surface area contributed by atoms with Gasteiger partial charge in [0.1, 0.15) is 0 Å². The van der Waals surface area contributed by atoms with Crippen LogP contribution in [0.3, 0.4) is 0 Å². The number of hydrogen-bond acceptors (Lipinski definition) is 4. The SMILES string of the molecule is CCCCCCC(O)C1CCC(CCCCC(=O)OC)O1. The molecule has 21 heavy (non-hydrogen) atoms. The van der Waals surface area contributed by atoms with Crippen molar-refractivity contribution in [1.82, 2.24) is 0 Å². The maximum absolute atomic E-state index is 11.0. The topological polar surface area (TPSA) is 55.8 Å². The Morgan fingerprint density at radius 2 is 2.05 bits per heavy atom.